The second kappa shape index (κ2) is 10.2. The fraction of sp³-hybridized carbons (Fsp3) is 0.500. The van der Waals surface area contributed by atoms with Gasteiger partial charge < -0.3 is 15.0 Å². The summed E-state index contributed by atoms with van der Waals surface area (Å²) in [6.07, 6.45) is 3.77. The van der Waals surface area contributed by atoms with Crippen molar-refractivity contribution in [3.8, 4) is 5.75 Å². The standard InChI is InChI=1S/C26H33N3O4S/c1-18-10-12-26(13-11-18)24(31)29(25(32)27-26)17-23(30)28(19(2)15-22-5-4-14-34-22)16-20-6-8-21(33-3)9-7-20/h4-9,14,18-19H,10-13,15-17H2,1-3H3,(H,27,32)/t18?,19-,26?/m0/s1. The number of carbonyl (C=O) groups excluding carboxylic acids is 3. The molecule has 2 heterocycles. The number of hydrogen-bond donors (Lipinski definition) is 1. The Kier molecular flexibility index (Phi) is 7.26. The molecule has 1 N–H and O–H groups in total. The zero-order valence-corrected chi connectivity index (χ0v) is 20.9. The second-order valence-electron chi connectivity index (χ2n) is 9.59. The summed E-state index contributed by atoms with van der Waals surface area (Å²) >= 11 is 1.66. The van der Waals surface area contributed by atoms with Crippen LogP contribution in [0.5, 0.6) is 5.75 Å². The summed E-state index contributed by atoms with van der Waals surface area (Å²) in [5.41, 5.74) is 0.120. The van der Waals surface area contributed by atoms with Gasteiger partial charge in [-0.15, -0.1) is 11.3 Å². The number of nitrogens with one attached hydrogen (secondary N) is 1. The summed E-state index contributed by atoms with van der Waals surface area (Å²) in [6.45, 7) is 4.33. The number of urea groups is 1. The van der Waals surface area contributed by atoms with Gasteiger partial charge in [0.15, 0.2) is 0 Å². The molecule has 1 saturated heterocycles. The molecule has 4 rings (SSSR count). The van der Waals surface area contributed by atoms with Crippen LogP contribution in [0.15, 0.2) is 41.8 Å². The van der Waals surface area contributed by atoms with Gasteiger partial charge in [0.2, 0.25) is 5.91 Å². The monoisotopic (exact) mass is 483 g/mol. The summed E-state index contributed by atoms with van der Waals surface area (Å²) in [5.74, 6) is 0.807. The number of hydrogen-bond acceptors (Lipinski definition) is 5. The number of imide groups is 1. The van der Waals surface area contributed by atoms with Crippen molar-refractivity contribution in [2.24, 2.45) is 5.92 Å². The van der Waals surface area contributed by atoms with Gasteiger partial charge in [-0.2, -0.15) is 0 Å². The van der Waals surface area contributed by atoms with E-state index in [-0.39, 0.29) is 24.4 Å². The van der Waals surface area contributed by atoms with E-state index in [9.17, 15) is 14.4 Å². The first-order chi connectivity index (χ1) is 16.3. The summed E-state index contributed by atoms with van der Waals surface area (Å²) in [4.78, 5) is 43.7. The first-order valence-corrected chi connectivity index (χ1v) is 12.8. The van der Waals surface area contributed by atoms with Crippen LogP contribution in [0, 0.1) is 5.92 Å². The van der Waals surface area contributed by atoms with Crippen molar-refractivity contribution < 1.29 is 19.1 Å². The Morgan fingerprint density at radius 1 is 1.24 bits per heavy atom. The van der Waals surface area contributed by atoms with Crippen molar-refractivity contribution in [2.45, 2.75) is 64.1 Å². The molecular weight excluding hydrogens is 450 g/mol. The van der Waals surface area contributed by atoms with Gasteiger partial charge >= 0.3 is 6.03 Å². The Bertz CT molecular complexity index is 1010. The molecule has 1 aromatic carbocycles. The number of thiophene rings is 1. The lowest BCUT2D eigenvalue weighted by Crippen LogP contribution is -2.50. The fourth-order valence-corrected chi connectivity index (χ4v) is 5.71. The predicted molar refractivity (Wildman–Crippen MR) is 132 cm³/mol. The Morgan fingerprint density at radius 2 is 1.94 bits per heavy atom. The van der Waals surface area contributed by atoms with Crippen molar-refractivity contribution >= 4 is 29.2 Å². The molecule has 0 unspecified atom stereocenters. The molecule has 1 aliphatic carbocycles. The van der Waals surface area contributed by atoms with Crippen molar-refractivity contribution in [3.63, 3.8) is 0 Å². The number of carbonyl (C=O) groups is 3. The maximum absolute atomic E-state index is 13.5. The number of benzene rings is 1. The number of methoxy groups -OCH3 is 1. The maximum Gasteiger partial charge on any atom is 0.325 e. The third-order valence-electron chi connectivity index (χ3n) is 7.11. The largest absolute Gasteiger partial charge is 0.497 e. The van der Waals surface area contributed by atoms with Gasteiger partial charge in [0.1, 0.15) is 17.8 Å². The average molecular weight is 484 g/mol. The highest BCUT2D eigenvalue weighted by Gasteiger charge is 2.52. The van der Waals surface area contributed by atoms with E-state index in [1.54, 1.807) is 23.3 Å². The molecule has 0 bridgehead atoms. The van der Waals surface area contributed by atoms with Crippen LogP contribution in [0.2, 0.25) is 0 Å². The number of ether oxygens (including phenoxy) is 1. The topological polar surface area (TPSA) is 79.0 Å². The Balaban J connectivity index is 1.51. The van der Waals surface area contributed by atoms with Crippen LogP contribution in [-0.4, -0.2) is 52.9 Å². The van der Waals surface area contributed by atoms with Gasteiger partial charge in [-0.25, -0.2) is 4.79 Å². The molecule has 8 heteroatoms. The van der Waals surface area contributed by atoms with Crippen LogP contribution < -0.4 is 10.1 Å². The molecule has 1 saturated carbocycles. The van der Waals surface area contributed by atoms with Gasteiger partial charge in [-0.3, -0.25) is 14.5 Å². The third kappa shape index (κ3) is 5.12. The zero-order chi connectivity index (χ0) is 24.3. The minimum Gasteiger partial charge on any atom is -0.497 e. The molecule has 0 radical (unpaired) electrons. The Morgan fingerprint density at radius 3 is 2.56 bits per heavy atom. The Hall–Kier alpha value is -2.87. The van der Waals surface area contributed by atoms with Gasteiger partial charge in [-0.05, 0) is 67.7 Å². The molecule has 1 aliphatic heterocycles. The maximum atomic E-state index is 13.5. The first-order valence-electron chi connectivity index (χ1n) is 11.9. The summed E-state index contributed by atoms with van der Waals surface area (Å²) in [7, 11) is 1.62. The van der Waals surface area contributed by atoms with Gasteiger partial charge in [0, 0.05) is 23.9 Å². The highest BCUT2D eigenvalue weighted by Crippen LogP contribution is 2.36. The molecule has 1 atom stereocenters. The first kappa shape index (κ1) is 24.3. The van der Waals surface area contributed by atoms with Crippen molar-refractivity contribution in [1.82, 2.24) is 15.1 Å². The fourth-order valence-electron chi connectivity index (χ4n) is 4.89. The van der Waals surface area contributed by atoms with Gasteiger partial charge in [-0.1, -0.05) is 25.1 Å². The normalized spacial score (nSPS) is 23.1. The molecule has 1 spiro atoms. The zero-order valence-electron chi connectivity index (χ0n) is 20.1. The van der Waals surface area contributed by atoms with E-state index < -0.39 is 11.6 Å². The third-order valence-corrected chi connectivity index (χ3v) is 8.01. The van der Waals surface area contributed by atoms with Crippen LogP contribution in [0.3, 0.4) is 0 Å². The van der Waals surface area contributed by atoms with E-state index in [2.05, 4.69) is 18.3 Å². The van der Waals surface area contributed by atoms with E-state index in [0.717, 1.165) is 29.1 Å². The molecule has 34 heavy (non-hydrogen) atoms. The summed E-state index contributed by atoms with van der Waals surface area (Å²) in [5, 5.41) is 4.94. The summed E-state index contributed by atoms with van der Waals surface area (Å²) < 4.78 is 5.25. The number of nitrogens with zero attached hydrogens (tertiary/aromatic N) is 2. The van der Waals surface area contributed by atoms with E-state index in [4.69, 9.17) is 4.74 Å². The van der Waals surface area contributed by atoms with E-state index in [0.29, 0.717) is 31.7 Å². The van der Waals surface area contributed by atoms with Crippen LogP contribution in [0.4, 0.5) is 4.79 Å². The molecule has 1 aromatic heterocycles. The molecular formula is C26H33N3O4S. The van der Waals surface area contributed by atoms with Crippen molar-refractivity contribution in [3.05, 3.63) is 52.2 Å². The molecule has 7 nitrogen and oxygen atoms in total. The van der Waals surface area contributed by atoms with Gasteiger partial charge in [0.25, 0.3) is 5.91 Å². The SMILES string of the molecule is COc1ccc(CN(C(=O)CN2C(=O)NC3(CCC(C)CC3)C2=O)[C@@H](C)Cc2cccs2)cc1. The lowest BCUT2D eigenvalue weighted by molar-refractivity contribution is -0.141. The smallest absolute Gasteiger partial charge is 0.325 e. The second-order valence-corrected chi connectivity index (χ2v) is 10.6. The minimum absolute atomic E-state index is 0.0986. The lowest BCUT2D eigenvalue weighted by atomic mass is 9.77. The summed E-state index contributed by atoms with van der Waals surface area (Å²) in [6, 6.07) is 11.1. The lowest BCUT2D eigenvalue weighted by Gasteiger charge is -2.34. The quantitative estimate of drug-likeness (QED) is 0.571. The van der Waals surface area contributed by atoms with Crippen molar-refractivity contribution in [2.75, 3.05) is 13.7 Å². The van der Waals surface area contributed by atoms with Crippen molar-refractivity contribution in [1.29, 1.82) is 0 Å². The van der Waals surface area contributed by atoms with E-state index in [1.165, 1.54) is 4.88 Å². The predicted octanol–water partition coefficient (Wildman–Crippen LogP) is 4.22. The highest BCUT2D eigenvalue weighted by molar-refractivity contribution is 7.09. The minimum atomic E-state index is -0.840. The van der Waals surface area contributed by atoms with Gasteiger partial charge in [0.05, 0.1) is 7.11 Å². The van der Waals surface area contributed by atoms with E-state index >= 15 is 0 Å². The molecule has 2 aromatic rings. The van der Waals surface area contributed by atoms with Crippen LogP contribution in [0.25, 0.3) is 0 Å². The highest BCUT2D eigenvalue weighted by atomic mass is 32.1. The van der Waals surface area contributed by atoms with Crippen LogP contribution in [-0.2, 0) is 22.6 Å². The molecule has 2 fully saturated rings. The molecule has 4 amide bonds. The number of amides is 4. The Labute approximate surface area is 205 Å². The van der Waals surface area contributed by atoms with Crippen LogP contribution >= 0.6 is 11.3 Å². The molecule has 182 valence electrons. The number of rotatable bonds is 8. The average Bonchev–Trinajstić information content (AvgIpc) is 3.42. The van der Waals surface area contributed by atoms with Crippen LogP contribution in [0.1, 0.15) is 50.0 Å². The van der Waals surface area contributed by atoms with E-state index in [1.807, 2.05) is 42.6 Å². The molecule has 2 aliphatic rings.